The number of hydrogen-bond donors (Lipinski definition) is 2. The summed E-state index contributed by atoms with van der Waals surface area (Å²) in [6, 6.07) is 11.6. The van der Waals surface area contributed by atoms with E-state index in [4.69, 9.17) is 21.6 Å². The van der Waals surface area contributed by atoms with E-state index >= 15 is 0 Å². The van der Waals surface area contributed by atoms with Crippen LogP contribution in [0.1, 0.15) is 11.3 Å². The fraction of sp³-hybridized carbons (Fsp3) is 0.105. The number of benzene rings is 1. The number of nitriles is 1. The largest absolute Gasteiger partial charge is 0.471 e. The SMILES string of the molecule is CN(N)/C(COc1ccc(-n2cnc(C#N)c2)cn1)=C(\N)c1ccccc1F. The summed E-state index contributed by atoms with van der Waals surface area (Å²) >= 11 is 0. The lowest BCUT2D eigenvalue weighted by Crippen LogP contribution is -2.31. The number of nitrogens with zero attached hydrogens (tertiary/aromatic N) is 5. The summed E-state index contributed by atoms with van der Waals surface area (Å²) in [5.74, 6) is 5.73. The molecule has 4 N–H and O–H groups in total. The monoisotopic (exact) mass is 379 g/mol. The zero-order chi connectivity index (χ0) is 20.1. The highest BCUT2D eigenvalue weighted by molar-refractivity contribution is 5.66. The Morgan fingerprint density at radius 2 is 2.07 bits per heavy atom. The molecule has 142 valence electrons. The summed E-state index contributed by atoms with van der Waals surface area (Å²) < 4.78 is 21.3. The molecule has 9 heteroatoms. The molecule has 0 spiro atoms. The molecule has 1 aromatic carbocycles. The molecule has 28 heavy (non-hydrogen) atoms. The van der Waals surface area contributed by atoms with Gasteiger partial charge in [-0.05, 0) is 18.2 Å². The molecule has 3 rings (SSSR count). The lowest BCUT2D eigenvalue weighted by Gasteiger charge is -2.20. The van der Waals surface area contributed by atoms with E-state index in [0.717, 1.165) is 5.69 Å². The van der Waals surface area contributed by atoms with Crippen LogP contribution in [-0.4, -0.2) is 33.2 Å². The number of halogens is 1. The van der Waals surface area contributed by atoms with Crippen molar-refractivity contribution >= 4 is 5.70 Å². The summed E-state index contributed by atoms with van der Waals surface area (Å²) in [7, 11) is 1.59. The van der Waals surface area contributed by atoms with Crippen LogP contribution in [0.2, 0.25) is 0 Å². The number of likely N-dealkylation sites (N-methyl/N-ethyl adjacent to an activating group) is 1. The average Bonchev–Trinajstić information content (AvgIpc) is 3.18. The highest BCUT2D eigenvalue weighted by Crippen LogP contribution is 2.19. The van der Waals surface area contributed by atoms with Crippen LogP contribution in [0.5, 0.6) is 5.88 Å². The van der Waals surface area contributed by atoms with E-state index in [1.807, 2.05) is 6.07 Å². The van der Waals surface area contributed by atoms with Crippen molar-refractivity contribution in [3.63, 3.8) is 0 Å². The number of aromatic nitrogens is 3. The van der Waals surface area contributed by atoms with Crippen molar-refractivity contribution < 1.29 is 9.13 Å². The molecule has 0 aliphatic heterocycles. The molecule has 2 aromatic heterocycles. The van der Waals surface area contributed by atoms with Gasteiger partial charge < -0.3 is 20.0 Å². The van der Waals surface area contributed by atoms with Crippen LogP contribution in [-0.2, 0) is 0 Å². The second kappa shape index (κ2) is 8.20. The average molecular weight is 379 g/mol. The molecule has 0 atom stereocenters. The number of pyridine rings is 1. The highest BCUT2D eigenvalue weighted by atomic mass is 19.1. The number of rotatable bonds is 6. The van der Waals surface area contributed by atoms with E-state index in [1.165, 1.54) is 17.4 Å². The van der Waals surface area contributed by atoms with Gasteiger partial charge in [0, 0.05) is 24.9 Å². The number of imidazole rings is 1. The van der Waals surface area contributed by atoms with Crippen molar-refractivity contribution in [2.45, 2.75) is 0 Å². The van der Waals surface area contributed by atoms with Gasteiger partial charge in [0.25, 0.3) is 0 Å². The van der Waals surface area contributed by atoms with Crippen molar-refractivity contribution in [3.8, 4) is 17.6 Å². The molecule has 0 unspecified atom stereocenters. The van der Waals surface area contributed by atoms with Gasteiger partial charge in [0.2, 0.25) is 5.88 Å². The highest BCUT2D eigenvalue weighted by Gasteiger charge is 2.13. The lowest BCUT2D eigenvalue weighted by molar-refractivity contribution is 0.287. The maximum Gasteiger partial charge on any atom is 0.213 e. The van der Waals surface area contributed by atoms with Crippen molar-refractivity contribution in [2.75, 3.05) is 13.7 Å². The third-order valence-electron chi connectivity index (χ3n) is 3.97. The van der Waals surface area contributed by atoms with Crippen molar-refractivity contribution in [2.24, 2.45) is 11.6 Å². The smallest absolute Gasteiger partial charge is 0.213 e. The van der Waals surface area contributed by atoms with E-state index in [0.29, 0.717) is 17.3 Å². The minimum atomic E-state index is -0.445. The molecule has 0 aliphatic carbocycles. The van der Waals surface area contributed by atoms with Crippen molar-refractivity contribution in [1.82, 2.24) is 19.5 Å². The van der Waals surface area contributed by atoms with Crippen LogP contribution in [0.25, 0.3) is 11.4 Å². The minimum Gasteiger partial charge on any atom is -0.471 e. The first-order valence-electron chi connectivity index (χ1n) is 8.25. The Kier molecular flexibility index (Phi) is 5.53. The van der Waals surface area contributed by atoms with E-state index in [-0.39, 0.29) is 17.9 Å². The van der Waals surface area contributed by atoms with Gasteiger partial charge in [0.05, 0.1) is 23.3 Å². The van der Waals surface area contributed by atoms with E-state index in [2.05, 4.69) is 9.97 Å². The maximum atomic E-state index is 14.0. The quantitative estimate of drug-likeness (QED) is 0.495. The Labute approximate surface area is 161 Å². The maximum absolute atomic E-state index is 14.0. The third kappa shape index (κ3) is 4.08. The van der Waals surface area contributed by atoms with Crippen LogP contribution >= 0.6 is 0 Å². The number of ether oxygens (including phenoxy) is 1. The van der Waals surface area contributed by atoms with E-state index in [9.17, 15) is 4.39 Å². The summed E-state index contributed by atoms with van der Waals surface area (Å²) in [5, 5.41) is 10.1. The van der Waals surface area contributed by atoms with Gasteiger partial charge in [0.1, 0.15) is 24.8 Å². The molecule has 0 amide bonds. The Morgan fingerprint density at radius 1 is 1.29 bits per heavy atom. The summed E-state index contributed by atoms with van der Waals surface area (Å²) in [6.07, 6.45) is 4.69. The molecule has 2 heterocycles. The van der Waals surface area contributed by atoms with Gasteiger partial charge in [-0.25, -0.2) is 20.2 Å². The van der Waals surface area contributed by atoms with Gasteiger partial charge in [0.15, 0.2) is 5.69 Å². The molecular formula is C19H18FN7O. The number of hydrazine groups is 1. The molecule has 0 saturated carbocycles. The Balaban J connectivity index is 1.76. The predicted molar refractivity (Wildman–Crippen MR) is 101 cm³/mol. The van der Waals surface area contributed by atoms with Crippen molar-refractivity contribution in [3.05, 3.63) is 77.9 Å². The van der Waals surface area contributed by atoms with Crippen LogP contribution in [0.3, 0.4) is 0 Å². The van der Waals surface area contributed by atoms with Gasteiger partial charge in [-0.3, -0.25) is 0 Å². The predicted octanol–water partition coefficient (Wildman–Crippen LogP) is 1.79. The molecular weight excluding hydrogens is 361 g/mol. The second-order valence-electron chi connectivity index (χ2n) is 5.87. The molecule has 8 nitrogen and oxygen atoms in total. The Hall–Kier alpha value is -3.90. The fourth-order valence-electron chi connectivity index (χ4n) is 2.48. The Bertz CT molecular complexity index is 1030. The fourth-order valence-corrected chi connectivity index (χ4v) is 2.48. The van der Waals surface area contributed by atoms with Crippen molar-refractivity contribution in [1.29, 1.82) is 5.26 Å². The molecule has 0 fully saturated rings. The molecule has 3 aromatic rings. The number of hydrogen-bond acceptors (Lipinski definition) is 7. The summed E-state index contributed by atoms with van der Waals surface area (Å²) in [4.78, 5) is 8.16. The Morgan fingerprint density at radius 3 is 2.68 bits per heavy atom. The molecule has 0 radical (unpaired) electrons. The van der Waals surface area contributed by atoms with E-state index in [1.54, 1.807) is 54.3 Å². The molecule has 0 aliphatic rings. The van der Waals surface area contributed by atoms with Gasteiger partial charge in [-0.15, -0.1) is 0 Å². The second-order valence-corrected chi connectivity index (χ2v) is 5.87. The normalized spacial score (nSPS) is 11.5. The summed E-state index contributed by atoms with van der Waals surface area (Å²) in [6.45, 7) is 0.00315. The number of nitrogens with two attached hydrogens (primary N) is 2. The first-order chi connectivity index (χ1) is 13.5. The lowest BCUT2D eigenvalue weighted by atomic mass is 10.1. The van der Waals surface area contributed by atoms with Crippen LogP contribution < -0.4 is 16.3 Å². The zero-order valence-corrected chi connectivity index (χ0v) is 15.1. The molecule has 0 bridgehead atoms. The minimum absolute atomic E-state index is 0.00315. The third-order valence-corrected chi connectivity index (χ3v) is 3.97. The molecule has 0 saturated heterocycles. The van der Waals surface area contributed by atoms with Crippen LogP contribution in [0, 0.1) is 17.1 Å². The zero-order valence-electron chi connectivity index (χ0n) is 15.1. The van der Waals surface area contributed by atoms with Crippen LogP contribution in [0.4, 0.5) is 4.39 Å². The van der Waals surface area contributed by atoms with Gasteiger partial charge >= 0.3 is 0 Å². The van der Waals surface area contributed by atoms with Gasteiger partial charge in [-0.1, -0.05) is 12.1 Å². The van der Waals surface area contributed by atoms with Gasteiger partial charge in [-0.2, -0.15) is 5.26 Å². The first-order valence-corrected chi connectivity index (χ1v) is 8.25. The summed E-state index contributed by atoms with van der Waals surface area (Å²) in [5.41, 5.74) is 7.97. The topological polar surface area (TPSA) is 119 Å². The standard InChI is InChI=1S/C19H18FN7O/c1-26(23)17(19(22)15-4-2-3-5-16(15)20)11-28-18-7-6-14(9-24-18)27-10-13(8-21)25-12-27/h2-7,9-10,12H,11,22-23H2,1H3/b19-17-. The van der Waals surface area contributed by atoms with Crippen LogP contribution in [0.15, 0.2) is 60.8 Å². The van der Waals surface area contributed by atoms with E-state index < -0.39 is 5.82 Å². The first kappa shape index (κ1) is 18.9.